The van der Waals surface area contributed by atoms with Crippen LogP contribution in [0.4, 0.5) is 5.69 Å². The average molecular weight is 267 g/mol. The normalized spacial score (nSPS) is 11.7. The summed E-state index contributed by atoms with van der Waals surface area (Å²) in [6, 6.07) is 7.11. The molecule has 0 spiro atoms. The van der Waals surface area contributed by atoms with Crippen molar-refractivity contribution in [3.63, 3.8) is 0 Å². The molecule has 18 heavy (non-hydrogen) atoms. The Bertz CT molecular complexity index is 482. The van der Waals surface area contributed by atoms with Crippen molar-refractivity contribution >= 4 is 23.3 Å². The van der Waals surface area contributed by atoms with Gasteiger partial charge in [-0.2, -0.15) is 5.26 Å². The van der Waals surface area contributed by atoms with Gasteiger partial charge in [0.1, 0.15) is 12.6 Å². The Hall–Kier alpha value is -1.73. The summed E-state index contributed by atoms with van der Waals surface area (Å²) in [5.74, 6) is -0.931. The molecule has 0 fully saturated rings. The molecule has 1 aromatic rings. The van der Waals surface area contributed by atoms with E-state index in [9.17, 15) is 4.79 Å². The number of carboxylic acids is 1. The average Bonchev–Trinajstić information content (AvgIpc) is 2.34. The second-order valence-corrected chi connectivity index (χ2v) is 4.43. The number of benzene rings is 1. The lowest BCUT2D eigenvalue weighted by atomic mass is 10.1. The van der Waals surface area contributed by atoms with E-state index in [-0.39, 0.29) is 12.6 Å². The quantitative estimate of drug-likeness (QED) is 0.890. The molecule has 1 N–H and O–H groups in total. The first-order valence-electron chi connectivity index (χ1n) is 5.68. The van der Waals surface area contributed by atoms with E-state index < -0.39 is 5.97 Å². The van der Waals surface area contributed by atoms with Crippen LogP contribution in [0.5, 0.6) is 0 Å². The van der Waals surface area contributed by atoms with Crippen LogP contribution in [0.25, 0.3) is 0 Å². The summed E-state index contributed by atoms with van der Waals surface area (Å²) in [5, 5.41) is 18.4. The summed E-state index contributed by atoms with van der Waals surface area (Å²) in [6.45, 7) is 3.74. The minimum atomic E-state index is -0.931. The van der Waals surface area contributed by atoms with Crippen molar-refractivity contribution in [3.8, 4) is 6.07 Å². The molecule has 5 heteroatoms. The number of carbonyl (C=O) groups is 1. The lowest BCUT2D eigenvalue weighted by Crippen LogP contribution is -2.37. The summed E-state index contributed by atoms with van der Waals surface area (Å²) in [4.78, 5) is 12.6. The number of aliphatic carboxylic acids is 1. The van der Waals surface area contributed by atoms with Crippen molar-refractivity contribution in [1.29, 1.82) is 5.26 Å². The molecule has 0 bridgehead atoms. The van der Waals surface area contributed by atoms with Crippen LogP contribution in [-0.4, -0.2) is 23.7 Å². The number of hydrogen-bond acceptors (Lipinski definition) is 3. The second kappa shape index (κ2) is 6.27. The Morgan fingerprint density at radius 2 is 2.28 bits per heavy atom. The molecule has 0 aliphatic carbocycles. The molecule has 1 unspecified atom stereocenters. The number of carboxylic acid groups (broad SMARTS) is 1. The maximum Gasteiger partial charge on any atom is 0.323 e. The maximum atomic E-state index is 10.9. The SMILES string of the molecule is CCC(C)N(CC(=O)O)c1cccc(Cl)c1C#N. The molecule has 96 valence electrons. The maximum absolute atomic E-state index is 10.9. The number of hydrogen-bond donors (Lipinski definition) is 1. The van der Waals surface area contributed by atoms with Crippen LogP contribution in [0, 0.1) is 11.3 Å². The largest absolute Gasteiger partial charge is 0.480 e. The zero-order valence-electron chi connectivity index (χ0n) is 10.4. The van der Waals surface area contributed by atoms with Crippen molar-refractivity contribution in [2.24, 2.45) is 0 Å². The van der Waals surface area contributed by atoms with E-state index in [4.69, 9.17) is 22.0 Å². The van der Waals surface area contributed by atoms with Gasteiger partial charge in [-0.1, -0.05) is 24.6 Å². The number of halogens is 1. The van der Waals surface area contributed by atoms with E-state index in [1.165, 1.54) is 0 Å². The molecule has 0 aliphatic rings. The third kappa shape index (κ3) is 3.14. The zero-order valence-corrected chi connectivity index (χ0v) is 11.1. The van der Waals surface area contributed by atoms with Crippen molar-refractivity contribution in [1.82, 2.24) is 0 Å². The molecule has 0 saturated carbocycles. The van der Waals surface area contributed by atoms with E-state index in [0.717, 1.165) is 6.42 Å². The van der Waals surface area contributed by atoms with E-state index in [0.29, 0.717) is 16.3 Å². The van der Waals surface area contributed by atoms with Gasteiger partial charge >= 0.3 is 5.97 Å². The van der Waals surface area contributed by atoms with Gasteiger partial charge < -0.3 is 10.0 Å². The summed E-state index contributed by atoms with van der Waals surface area (Å²) < 4.78 is 0. The fourth-order valence-corrected chi connectivity index (χ4v) is 1.92. The first-order chi connectivity index (χ1) is 8.51. The van der Waals surface area contributed by atoms with Gasteiger partial charge in [0.25, 0.3) is 0 Å². The van der Waals surface area contributed by atoms with Crippen LogP contribution in [0.2, 0.25) is 5.02 Å². The minimum absolute atomic E-state index is 0.0201. The highest BCUT2D eigenvalue weighted by atomic mass is 35.5. The number of nitrogens with zero attached hydrogens (tertiary/aromatic N) is 2. The fraction of sp³-hybridized carbons (Fsp3) is 0.385. The minimum Gasteiger partial charge on any atom is -0.480 e. The summed E-state index contributed by atoms with van der Waals surface area (Å²) in [7, 11) is 0. The molecular formula is C13H15ClN2O2. The van der Waals surface area contributed by atoms with Crippen LogP contribution < -0.4 is 4.90 Å². The highest BCUT2D eigenvalue weighted by Gasteiger charge is 2.20. The van der Waals surface area contributed by atoms with Gasteiger partial charge in [0.2, 0.25) is 0 Å². The molecule has 1 aromatic carbocycles. The Labute approximate surface area is 111 Å². The molecule has 0 radical (unpaired) electrons. The topological polar surface area (TPSA) is 64.3 Å². The predicted octanol–water partition coefficient (Wildman–Crippen LogP) is 2.90. The second-order valence-electron chi connectivity index (χ2n) is 4.02. The monoisotopic (exact) mass is 266 g/mol. The number of nitriles is 1. The Morgan fingerprint density at radius 3 is 2.78 bits per heavy atom. The number of anilines is 1. The molecule has 4 nitrogen and oxygen atoms in total. The van der Waals surface area contributed by atoms with E-state index in [2.05, 4.69) is 0 Å². The van der Waals surface area contributed by atoms with E-state index in [1.54, 1.807) is 23.1 Å². The fourth-order valence-electron chi connectivity index (χ4n) is 1.71. The van der Waals surface area contributed by atoms with Crippen LogP contribution in [-0.2, 0) is 4.79 Å². The van der Waals surface area contributed by atoms with Crippen molar-refractivity contribution in [2.45, 2.75) is 26.3 Å². The Balaban J connectivity index is 3.25. The predicted molar refractivity (Wildman–Crippen MR) is 70.9 cm³/mol. The smallest absolute Gasteiger partial charge is 0.323 e. The van der Waals surface area contributed by atoms with Crippen LogP contribution in [0.3, 0.4) is 0 Å². The van der Waals surface area contributed by atoms with Gasteiger partial charge in [-0.25, -0.2) is 0 Å². The highest BCUT2D eigenvalue weighted by molar-refractivity contribution is 6.32. The molecule has 0 aromatic heterocycles. The van der Waals surface area contributed by atoms with Gasteiger partial charge in [-0.3, -0.25) is 4.79 Å². The highest BCUT2D eigenvalue weighted by Crippen LogP contribution is 2.28. The third-order valence-corrected chi connectivity index (χ3v) is 3.16. The molecular weight excluding hydrogens is 252 g/mol. The Morgan fingerprint density at radius 1 is 1.61 bits per heavy atom. The molecule has 1 rings (SSSR count). The lowest BCUT2D eigenvalue weighted by molar-refractivity contribution is -0.135. The van der Waals surface area contributed by atoms with Gasteiger partial charge in [0, 0.05) is 6.04 Å². The standard InChI is InChI=1S/C13H15ClN2O2/c1-3-9(2)16(8-13(17)18)12-6-4-5-11(14)10(12)7-15/h4-6,9H,3,8H2,1-2H3,(H,17,18). The van der Waals surface area contributed by atoms with Gasteiger partial charge in [-0.15, -0.1) is 0 Å². The van der Waals surface area contributed by atoms with E-state index in [1.807, 2.05) is 19.9 Å². The summed E-state index contributed by atoms with van der Waals surface area (Å²) in [5.41, 5.74) is 0.891. The molecule has 1 atom stereocenters. The first kappa shape index (κ1) is 14.3. The van der Waals surface area contributed by atoms with Crippen molar-refractivity contribution in [2.75, 3.05) is 11.4 Å². The van der Waals surface area contributed by atoms with E-state index >= 15 is 0 Å². The molecule has 0 aliphatic heterocycles. The summed E-state index contributed by atoms with van der Waals surface area (Å²) in [6.07, 6.45) is 0.782. The van der Waals surface area contributed by atoms with Gasteiger partial charge in [-0.05, 0) is 25.5 Å². The Kier molecular flexibility index (Phi) is 4.99. The lowest BCUT2D eigenvalue weighted by Gasteiger charge is -2.30. The van der Waals surface area contributed by atoms with Crippen molar-refractivity contribution < 1.29 is 9.90 Å². The van der Waals surface area contributed by atoms with Gasteiger partial charge in [0.05, 0.1) is 16.3 Å². The third-order valence-electron chi connectivity index (χ3n) is 2.84. The van der Waals surface area contributed by atoms with Gasteiger partial charge in [0.15, 0.2) is 0 Å². The molecule has 0 amide bonds. The summed E-state index contributed by atoms with van der Waals surface area (Å²) >= 11 is 5.96. The van der Waals surface area contributed by atoms with Crippen LogP contribution in [0.1, 0.15) is 25.8 Å². The molecule has 0 heterocycles. The van der Waals surface area contributed by atoms with Crippen molar-refractivity contribution in [3.05, 3.63) is 28.8 Å². The van der Waals surface area contributed by atoms with Crippen LogP contribution >= 0.6 is 11.6 Å². The molecule has 0 saturated heterocycles. The zero-order chi connectivity index (χ0) is 13.7. The first-order valence-corrected chi connectivity index (χ1v) is 6.06. The number of rotatable bonds is 5. The van der Waals surface area contributed by atoms with Crippen LogP contribution in [0.15, 0.2) is 18.2 Å².